The van der Waals surface area contributed by atoms with Gasteiger partial charge in [0.15, 0.2) is 0 Å². The normalized spacial score (nSPS) is 14.5. The minimum absolute atomic E-state index is 0.145. The highest BCUT2D eigenvalue weighted by atomic mass is 16.5. The quantitative estimate of drug-likeness (QED) is 0.632. The number of fused-ring (bicyclic) bond motifs is 1. The number of nitrogens with one attached hydrogen (secondary N) is 1. The Hall–Kier alpha value is -3.03. The number of rotatable bonds is 7. The zero-order chi connectivity index (χ0) is 21.6. The monoisotopic (exact) mass is 422 g/mol. The topological polar surface area (TPSA) is 59.0 Å². The highest BCUT2D eigenvalue weighted by Crippen LogP contribution is 2.21. The van der Waals surface area contributed by atoms with Crippen molar-refractivity contribution in [3.63, 3.8) is 0 Å². The molecule has 1 aromatic heterocycles. The highest BCUT2D eigenvalue weighted by Gasteiger charge is 2.13. The molecule has 3 aromatic rings. The second kappa shape index (κ2) is 9.85. The third-order valence-electron chi connectivity index (χ3n) is 5.68. The molecule has 4 rings (SSSR count). The second-order valence-corrected chi connectivity index (χ2v) is 7.87. The molecular weight excluding hydrogens is 392 g/mol. The molecule has 31 heavy (non-hydrogen) atoms. The lowest BCUT2D eigenvalue weighted by Gasteiger charge is -2.26. The number of amides is 2. The van der Waals surface area contributed by atoms with Crippen LogP contribution in [-0.4, -0.2) is 67.4 Å². The van der Waals surface area contributed by atoms with E-state index >= 15 is 0 Å². The highest BCUT2D eigenvalue weighted by molar-refractivity contribution is 5.92. The van der Waals surface area contributed by atoms with Gasteiger partial charge in [0.2, 0.25) is 0 Å². The number of methoxy groups -OCH3 is 1. The molecule has 0 aliphatic carbocycles. The van der Waals surface area contributed by atoms with Crippen LogP contribution in [0.5, 0.6) is 5.75 Å². The first-order chi connectivity index (χ1) is 15.1. The molecule has 1 saturated heterocycles. The van der Waals surface area contributed by atoms with Crippen molar-refractivity contribution < 1.29 is 14.3 Å². The van der Waals surface area contributed by atoms with E-state index in [1.165, 1.54) is 5.52 Å². The predicted molar refractivity (Wildman–Crippen MR) is 123 cm³/mol. The molecule has 7 heteroatoms. The molecule has 0 radical (unpaired) electrons. The molecule has 0 atom stereocenters. The van der Waals surface area contributed by atoms with Crippen molar-refractivity contribution in [1.82, 2.24) is 14.4 Å². The van der Waals surface area contributed by atoms with Crippen LogP contribution >= 0.6 is 0 Å². The van der Waals surface area contributed by atoms with Gasteiger partial charge in [0.05, 0.1) is 20.3 Å². The minimum Gasteiger partial charge on any atom is -0.497 e. The van der Waals surface area contributed by atoms with Crippen LogP contribution in [0.1, 0.15) is 5.56 Å². The van der Waals surface area contributed by atoms with E-state index in [0.29, 0.717) is 6.54 Å². The average molecular weight is 423 g/mol. The summed E-state index contributed by atoms with van der Waals surface area (Å²) in [6, 6.07) is 15.8. The maximum absolute atomic E-state index is 12.7. The Morgan fingerprint density at radius 3 is 2.77 bits per heavy atom. The van der Waals surface area contributed by atoms with Crippen LogP contribution in [0.15, 0.2) is 54.7 Å². The van der Waals surface area contributed by atoms with Crippen LogP contribution in [0, 0.1) is 0 Å². The number of carbonyl (C=O) groups is 1. The van der Waals surface area contributed by atoms with Crippen molar-refractivity contribution in [3.8, 4) is 5.75 Å². The van der Waals surface area contributed by atoms with Gasteiger partial charge in [-0.25, -0.2) is 4.79 Å². The molecule has 0 spiro atoms. The molecule has 1 fully saturated rings. The molecule has 0 bridgehead atoms. The van der Waals surface area contributed by atoms with E-state index in [4.69, 9.17) is 9.47 Å². The summed E-state index contributed by atoms with van der Waals surface area (Å²) < 4.78 is 12.9. The predicted octanol–water partition coefficient (Wildman–Crippen LogP) is 3.65. The van der Waals surface area contributed by atoms with Crippen molar-refractivity contribution in [2.75, 3.05) is 52.3 Å². The summed E-state index contributed by atoms with van der Waals surface area (Å²) in [5.74, 6) is 0.787. The lowest BCUT2D eigenvalue weighted by atomic mass is 10.2. The smallest absolute Gasteiger partial charge is 0.321 e. The number of hydrogen-bond acceptors (Lipinski definition) is 4. The van der Waals surface area contributed by atoms with Gasteiger partial charge >= 0.3 is 6.03 Å². The van der Waals surface area contributed by atoms with Crippen LogP contribution in [0.3, 0.4) is 0 Å². The fraction of sp³-hybridized carbons (Fsp3) is 0.375. The van der Waals surface area contributed by atoms with Gasteiger partial charge in [0, 0.05) is 62.6 Å². The molecule has 0 unspecified atom stereocenters. The van der Waals surface area contributed by atoms with Crippen molar-refractivity contribution in [3.05, 3.63) is 60.3 Å². The van der Waals surface area contributed by atoms with Crippen molar-refractivity contribution in [2.24, 2.45) is 0 Å². The number of anilines is 1. The van der Waals surface area contributed by atoms with Gasteiger partial charge < -0.3 is 24.3 Å². The summed E-state index contributed by atoms with van der Waals surface area (Å²) in [7, 11) is 3.43. The third-order valence-corrected chi connectivity index (χ3v) is 5.68. The Morgan fingerprint density at radius 2 is 1.97 bits per heavy atom. The molecule has 1 aliphatic heterocycles. The maximum atomic E-state index is 12.7. The van der Waals surface area contributed by atoms with Gasteiger partial charge in [-0.1, -0.05) is 12.1 Å². The van der Waals surface area contributed by atoms with Crippen LogP contribution in [0.2, 0.25) is 0 Å². The molecule has 2 amide bonds. The van der Waals surface area contributed by atoms with Crippen LogP contribution in [-0.2, 0) is 17.8 Å². The summed E-state index contributed by atoms with van der Waals surface area (Å²) in [6.07, 6.45) is 2.12. The van der Waals surface area contributed by atoms with E-state index in [0.717, 1.165) is 61.8 Å². The number of carbonyl (C=O) groups excluding carboxylic acids is 1. The number of hydrogen-bond donors (Lipinski definition) is 1. The molecule has 1 N–H and O–H groups in total. The summed E-state index contributed by atoms with van der Waals surface area (Å²) >= 11 is 0. The van der Waals surface area contributed by atoms with Crippen molar-refractivity contribution in [1.29, 1.82) is 0 Å². The molecule has 2 aromatic carbocycles. The average Bonchev–Trinajstić information content (AvgIpc) is 3.20. The van der Waals surface area contributed by atoms with Gasteiger partial charge in [0.1, 0.15) is 5.75 Å². The number of ether oxygens (including phenoxy) is 2. The molecule has 0 saturated carbocycles. The maximum Gasteiger partial charge on any atom is 0.321 e. The lowest BCUT2D eigenvalue weighted by molar-refractivity contribution is 0.0365. The van der Waals surface area contributed by atoms with Gasteiger partial charge in [0.25, 0.3) is 0 Å². The second-order valence-electron chi connectivity index (χ2n) is 7.87. The van der Waals surface area contributed by atoms with Crippen LogP contribution in [0.4, 0.5) is 10.5 Å². The van der Waals surface area contributed by atoms with Crippen molar-refractivity contribution >= 4 is 22.6 Å². The number of urea groups is 1. The van der Waals surface area contributed by atoms with Gasteiger partial charge in [-0.15, -0.1) is 0 Å². The van der Waals surface area contributed by atoms with E-state index in [1.807, 2.05) is 36.4 Å². The Bertz CT molecular complexity index is 1030. The van der Waals surface area contributed by atoms with E-state index in [1.54, 1.807) is 19.1 Å². The number of morpholine rings is 1. The first-order valence-electron chi connectivity index (χ1n) is 10.7. The van der Waals surface area contributed by atoms with E-state index in [9.17, 15) is 4.79 Å². The zero-order valence-corrected chi connectivity index (χ0v) is 18.2. The largest absolute Gasteiger partial charge is 0.497 e. The van der Waals surface area contributed by atoms with E-state index in [2.05, 4.69) is 33.1 Å². The molecule has 1 aliphatic rings. The molecule has 164 valence electrons. The summed E-state index contributed by atoms with van der Waals surface area (Å²) in [5, 5.41) is 4.12. The van der Waals surface area contributed by atoms with Gasteiger partial charge in [-0.2, -0.15) is 0 Å². The fourth-order valence-corrected chi connectivity index (χ4v) is 3.88. The van der Waals surface area contributed by atoms with Crippen LogP contribution < -0.4 is 10.1 Å². The van der Waals surface area contributed by atoms with E-state index < -0.39 is 0 Å². The standard InChI is InChI=1S/C24H30N4O3/c1-26(18-19-4-3-5-22(16-19)30-2)24(29)25-21-6-7-23-20(17-21)8-9-28(23)11-10-27-12-14-31-15-13-27/h3-9,16-17H,10-15,18H2,1-2H3,(H,25,29). The minimum atomic E-state index is -0.145. The number of nitrogens with zero attached hydrogens (tertiary/aromatic N) is 3. The number of benzene rings is 2. The molecular formula is C24H30N4O3. The van der Waals surface area contributed by atoms with Crippen LogP contribution in [0.25, 0.3) is 10.9 Å². The van der Waals surface area contributed by atoms with E-state index in [-0.39, 0.29) is 6.03 Å². The van der Waals surface area contributed by atoms with Crippen molar-refractivity contribution in [2.45, 2.75) is 13.1 Å². The Balaban J connectivity index is 1.36. The first kappa shape index (κ1) is 21.2. The SMILES string of the molecule is COc1cccc(CN(C)C(=O)Nc2ccc3c(ccn3CCN3CCOCC3)c2)c1. The number of aromatic nitrogens is 1. The summed E-state index contributed by atoms with van der Waals surface area (Å²) in [4.78, 5) is 16.7. The lowest BCUT2D eigenvalue weighted by Crippen LogP contribution is -2.38. The first-order valence-corrected chi connectivity index (χ1v) is 10.7. The fourth-order valence-electron chi connectivity index (χ4n) is 3.88. The Labute approximate surface area is 183 Å². The van der Waals surface area contributed by atoms with Gasteiger partial charge in [-0.05, 0) is 42.0 Å². The Kier molecular flexibility index (Phi) is 6.74. The third kappa shape index (κ3) is 5.37. The Morgan fingerprint density at radius 1 is 1.13 bits per heavy atom. The van der Waals surface area contributed by atoms with Gasteiger partial charge in [-0.3, -0.25) is 4.90 Å². The molecule has 7 nitrogen and oxygen atoms in total. The summed E-state index contributed by atoms with van der Waals surface area (Å²) in [6.45, 7) is 6.10. The summed E-state index contributed by atoms with van der Waals surface area (Å²) in [5.41, 5.74) is 2.99. The molecule has 2 heterocycles. The zero-order valence-electron chi connectivity index (χ0n) is 18.2.